The highest BCUT2D eigenvalue weighted by molar-refractivity contribution is 4.93. The molecule has 74 valence electrons. The van der Waals surface area contributed by atoms with E-state index in [9.17, 15) is 0 Å². The Balaban J connectivity index is 1.87. The predicted octanol–water partition coefficient (Wildman–Crippen LogP) is 1.44. The van der Waals surface area contributed by atoms with Gasteiger partial charge >= 0.3 is 0 Å². The summed E-state index contributed by atoms with van der Waals surface area (Å²) in [6, 6.07) is 1.57. The van der Waals surface area contributed by atoms with Crippen LogP contribution < -0.4 is 10.6 Å². The van der Waals surface area contributed by atoms with Gasteiger partial charge in [0.25, 0.3) is 0 Å². The van der Waals surface area contributed by atoms with Gasteiger partial charge in [-0.1, -0.05) is 12.2 Å². The molecule has 0 radical (unpaired) electrons. The Labute approximate surface area is 80.8 Å². The highest BCUT2D eigenvalue weighted by atomic mass is 15.0. The lowest BCUT2D eigenvalue weighted by Crippen LogP contribution is -2.29. The summed E-state index contributed by atoms with van der Waals surface area (Å²) in [5.74, 6) is 0. The largest absolute Gasteiger partial charge is 0.313 e. The van der Waals surface area contributed by atoms with Gasteiger partial charge in [0.2, 0.25) is 0 Å². The predicted molar refractivity (Wildman–Crippen MR) is 55.8 cm³/mol. The van der Waals surface area contributed by atoms with Gasteiger partial charge in [0.15, 0.2) is 0 Å². The van der Waals surface area contributed by atoms with E-state index >= 15 is 0 Å². The average Bonchev–Trinajstić information content (AvgIpc) is 2.52. The summed E-state index contributed by atoms with van der Waals surface area (Å²) in [4.78, 5) is 0. The van der Waals surface area contributed by atoms with Gasteiger partial charge in [-0.2, -0.15) is 0 Å². The lowest BCUT2D eigenvalue weighted by Gasteiger charge is -2.12. The molecule has 2 aliphatic heterocycles. The van der Waals surface area contributed by atoms with E-state index in [1.165, 1.54) is 38.6 Å². The normalized spacial score (nSPS) is 38.2. The van der Waals surface area contributed by atoms with Crippen molar-refractivity contribution in [1.82, 2.24) is 10.6 Å². The molecule has 1 unspecified atom stereocenters. The van der Waals surface area contributed by atoms with E-state index in [4.69, 9.17) is 0 Å². The van der Waals surface area contributed by atoms with Gasteiger partial charge in [0.05, 0.1) is 0 Å². The van der Waals surface area contributed by atoms with Crippen molar-refractivity contribution in [3.8, 4) is 0 Å². The fourth-order valence-corrected chi connectivity index (χ4v) is 2.32. The quantitative estimate of drug-likeness (QED) is 0.551. The van der Waals surface area contributed by atoms with E-state index in [1.807, 2.05) is 0 Å². The minimum absolute atomic E-state index is 0.763. The van der Waals surface area contributed by atoms with Crippen LogP contribution in [0, 0.1) is 0 Å². The van der Waals surface area contributed by atoms with Crippen LogP contribution in [0.15, 0.2) is 12.2 Å². The van der Waals surface area contributed by atoms with Crippen LogP contribution in [-0.2, 0) is 0 Å². The van der Waals surface area contributed by atoms with Crippen molar-refractivity contribution in [3.05, 3.63) is 12.2 Å². The first-order valence-electron chi connectivity index (χ1n) is 5.57. The molecule has 2 bridgehead atoms. The summed E-state index contributed by atoms with van der Waals surface area (Å²) in [7, 11) is 0. The number of nitrogens with one attached hydrogen (secondary N) is 2. The molecule has 2 aliphatic rings. The second-order valence-electron chi connectivity index (χ2n) is 4.19. The van der Waals surface area contributed by atoms with Gasteiger partial charge in [-0.25, -0.2) is 0 Å². The maximum Gasteiger partial charge on any atom is 0.0134 e. The van der Waals surface area contributed by atoms with E-state index in [2.05, 4.69) is 22.8 Å². The van der Waals surface area contributed by atoms with Gasteiger partial charge in [0, 0.05) is 18.6 Å². The van der Waals surface area contributed by atoms with E-state index in [0.717, 1.165) is 18.6 Å². The fraction of sp³-hybridized carbons (Fsp3) is 0.818. The molecule has 2 rings (SSSR count). The Kier molecular flexibility index (Phi) is 3.39. The Morgan fingerprint density at radius 1 is 1.00 bits per heavy atom. The van der Waals surface area contributed by atoms with Gasteiger partial charge in [-0.15, -0.1) is 0 Å². The molecule has 2 N–H and O–H groups in total. The highest BCUT2D eigenvalue weighted by Gasteiger charge is 2.21. The van der Waals surface area contributed by atoms with Crippen LogP contribution in [0.25, 0.3) is 0 Å². The minimum atomic E-state index is 0.763. The molecule has 2 heteroatoms. The van der Waals surface area contributed by atoms with Crippen molar-refractivity contribution in [1.29, 1.82) is 0 Å². The molecular formula is C11H20N2. The molecular weight excluding hydrogens is 160 g/mol. The van der Waals surface area contributed by atoms with Crippen molar-refractivity contribution in [2.75, 3.05) is 13.1 Å². The Bertz CT molecular complexity index is 177. The lowest BCUT2D eigenvalue weighted by molar-refractivity contribution is 0.494. The number of fused-ring (bicyclic) bond motifs is 2. The van der Waals surface area contributed by atoms with E-state index in [1.54, 1.807) is 0 Å². The van der Waals surface area contributed by atoms with E-state index in [0.29, 0.717) is 0 Å². The number of hydrogen-bond acceptors (Lipinski definition) is 2. The van der Waals surface area contributed by atoms with Crippen LogP contribution in [-0.4, -0.2) is 25.2 Å². The SMILES string of the molecule is C1=C\CC2CC[C@@H](CCCNC/1)N2. The monoisotopic (exact) mass is 180 g/mol. The number of rotatable bonds is 0. The first kappa shape index (κ1) is 9.22. The van der Waals surface area contributed by atoms with E-state index < -0.39 is 0 Å². The van der Waals surface area contributed by atoms with Crippen molar-refractivity contribution in [2.45, 2.75) is 44.2 Å². The van der Waals surface area contributed by atoms with Crippen molar-refractivity contribution < 1.29 is 0 Å². The standard InChI is InChI=1S/C11H20N2/c1-2-8-12-9-3-5-11-7-6-10(4-1)13-11/h1-2,10-13H,3-9H2/b2-1-/t10?,11-/m1/s1. The third-order valence-corrected chi connectivity index (χ3v) is 3.09. The molecule has 1 fully saturated rings. The molecule has 2 nitrogen and oxygen atoms in total. The van der Waals surface area contributed by atoms with Crippen LogP contribution in [0.1, 0.15) is 32.1 Å². The molecule has 0 saturated carbocycles. The summed E-state index contributed by atoms with van der Waals surface area (Å²) in [6.45, 7) is 2.23. The second-order valence-corrected chi connectivity index (χ2v) is 4.19. The lowest BCUT2D eigenvalue weighted by atomic mass is 10.1. The molecule has 0 spiro atoms. The third-order valence-electron chi connectivity index (χ3n) is 3.09. The minimum Gasteiger partial charge on any atom is -0.313 e. The molecule has 0 aromatic carbocycles. The van der Waals surface area contributed by atoms with Gasteiger partial charge < -0.3 is 10.6 Å². The zero-order chi connectivity index (χ0) is 8.93. The first-order chi connectivity index (χ1) is 6.45. The van der Waals surface area contributed by atoms with Gasteiger partial charge in [-0.05, 0) is 38.6 Å². The fourth-order valence-electron chi connectivity index (χ4n) is 2.32. The van der Waals surface area contributed by atoms with E-state index in [-0.39, 0.29) is 0 Å². The molecule has 2 atom stereocenters. The second kappa shape index (κ2) is 4.77. The third kappa shape index (κ3) is 2.82. The van der Waals surface area contributed by atoms with Crippen molar-refractivity contribution in [2.24, 2.45) is 0 Å². The zero-order valence-electron chi connectivity index (χ0n) is 8.26. The Hall–Kier alpha value is -0.340. The summed E-state index contributed by atoms with van der Waals surface area (Å²) >= 11 is 0. The summed E-state index contributed by atoms with van der Waals surface area (Å²) in [5.41, 5.74) is 0. The topological polar surface area (TPSA) is 24.1 Å². The molecule has 13 heavy (non-hydrogen) atoms. The molecule has 1 saturated heterocycles. The van der Waals surface area contributed by atoms with Crippen LogP contribution in [0.2, 0.25) is 0 Å². The average molecular weight is 180 g/mol. The summed E-state index contributed by atoms with van der Waals surface area (Å²) in [6.07, 6.45) is 11.2. The maximum atomic E-state index is 3.71. The summed E-state index contributed by atoms with van der Waals surface area (Å²) in [5, 5.41) is 7.14. The van der Waals surface area contributed by atoms with Crippen LogP contribution in [0.5, 0.6) is 0 Å². The number of hydrogen-bond donors (Lipinski definition) is 2. The zero-order valence-corrected chi connectivity index (χ0v) is 8.26. The van der Waals surface area contributed by atoms with Crippen LogP contribution >= 0.6 is 0 Å². The molecule has 0 aliphatic carbocycles. The maximum absolute atomic E-state index is 3.71. The first-order valence-corrected chi connectivity index (χ1v) is 5.57. The molecule has 0 aromatic rings. The van der Waals surface area contributed by atoms with Crippen LogP contribution in [0.3, 0.4) is 0 Å². The Morgan fingerprint density at radius 2 is 1.92 bits per heavy atom. The van der Waals surface area contributed by atoms with Crippen molar-refractivity contribution >= 4 is 0 Å². The van der Waals surface area contributed by atoms with Crippen molar-refractivity contribution in [3.63, 3.8) is 0 Å². The molecule has 0 amide bonds. The Morgan fingerprint density at radius 3 is 2.92 bits per heavy atom. The van der Waals surface area contributed by atoms with Crippen LogP contribution in [0.4, 0.5) is 0 Å². The smallest absolute Gasteiger partial charge is 0.0134 e. The summed E-state index contributed by atoms with van der Waals surface area (Å²) < 4.78 is 0. The highest BCUT2D eigenvalue weighted by Crippen LogP contribution is 2.18. The molecule has 2 heterocycles. The van der Waals surface area contributed by atoms with Gasteiger partial charge in [0.1, 0.15) is 0 Å². The van der Waals surface area contributed by atoms with Gasteiger partial charge in [-0.3, -0.25) is 0 Å². The molecule has 0 aromatic heterocycles.